The minimum Gasteiger partial charge on any atom is -0.306 e. The van der Waals surface area contributed by atoms with Gasteiger partial charge >= 0.3 is 0 Å². The number of carbonyl (C=O) groups is 1. The Balaban J connectivity index is 1.99. The van der Waals surface area contributed by atoms with E-state index in [1.165, 1.54) is 0 Å². The normalized spacial score (nSPS) is 21.0. The van der Waals surface area contributed by atoms with E-state index in [0.29, 0.717) is 25.2 Å². The maximum Gasteiger partial charge on any atom is 0.161 e. The summed E-state index contributed by atoms with van der Waals surface area (Å²) in [4.78, 5) is 20.2. The summed E-state index contributed by atoms with van der Waals surface area (Å²) in [6.07, 6.45) is 4.57. The minimum absolute atomic E-state index is 0.0597. The zero-order valence-electron chi connectivity index (χ0n) is 9.55. The molecule has 6 nitrogen and oxygen atoms in total. The Morgan fingerprint density at radius 1 is 1.47 bits per heavy atom. The number of nitrogens with one attached hydrogen (secondary N) is 1. The van der Waals surface area contributed by atoms with E-state index in [-0.39, 0.29) is 11.8 Å². The van der Waals surface area contributed by atoms with Crippen molar-refractivity contribution in [3.63, 3.8) is 0 Å². The number of piperidine rings is 1. The second kappa shape index (κ2) is 3.89. The van der Waals surface area contributed by atoms with Crippen LogP contribution in [0, 0.1) is 0 Å². The number of aromatic nitrogens is 4. The van der Waals surface area contributed by atoms with Gasteiger partial charge in [0.05, 0.1) is 17.6 Å². The Morgan fingerprint density at radius 2 is 2.35 bits per heavy atom. The lowest BCUT2D eigenvalue weighted by Crippen LogP contribution is -2.33. The number of carbonyl (C=O) groups excluding carboxylic acids is 1. The van der Waals surface area contributed by atoms with Gasteiger partial charge in [-0.15, -0.1) is 0 Å². The number of Topliss-reactive ketones (excluding diaryl/α,β-unsaturated/α-hetero) is 1. The molecule has 6 heteroatoms. The monoisotopic (exact) mass is 231 g/mol. The molecule has 0 aliphatic carbocycles. The fraction of sp³-hybridized carbons (Fsp3) is 0.455. The first-order valence-electron chi connectivity index (χ1n) is 5.64. The zero-order chi connectivity index (χ0) is 11.8. The van der Waals surface area contributed by atoms with Gasteiger partial charge in [-0.2, -0.15) is 5.10 Å². The summed E-state index contributed by atoms with van der Waals surface area (Å²) >= 11 is 0. The van der Waals surface area contributed by atoms with Crippen molar-refractivity contribution in [2.45, 2.75) is 18.9 Å². The van der Waals surface area contributed by atoms with Gasteiger partial charge in [-0.05, 0) is 0 Å². The van der Waals surface area contributed by atoms with Crippen molar-refractivity contribution in [2.75, 3.05) is 6.54 Å². The molecule has 1 atom stereocenters. The number of ketones is 1. The van der Waals surface area contributed by atoms with E-state index in [1.807, 2.05) is 7.05 Å². The molecular formula is C11H13N5O. The number of hydrogen-bond donors (Lipinski definition) is 1. The predicted molar refractivity (Wildman–Crippen MR) is 61.3 cm³/mol. The second-order valence-electron chi connectivity index (χ2n) is 4.27. The Hall–Kier alpha value is -1.82. The van der Waals surface area contributed by atoms with E-state index in [1.54, 1.807) is 17.1 Å². The van der Waals surface area contributed by atoms with Crippen LogP contribution in [0.1, 0.15) is 24.7 Å². The van der Waals surface area contributed by atoms with Gasteiger partial charge in [0.15, 0.2) is 5.65 Å². The lowest BCUT2D eigenvalue weighted by atomic mass is 10.0. The van der Waals surface area contributed by atoms with Crippen LogP contribution in [0.3, 0.4) is 0 Å². The van der Waals surface area contributed by atoms with Crippen LogP contribution in [-0.2, 0) is 11.8 Å². The Kier molecular flexibility index (Phi) is 2.36. The van der Waals surface area contributed by atoms with Crippen molar-refractivity contribution in [2.24, 2.45) is 7.05 Å². The molecule has 17 heavy (non-hydrogen) atoms. The predicted octanol–water partition coefficient (Wildman–Crippen LogP) is 0.357. The number of nitrogens with zero attached hydrogens (tertiary/aromatic N) is 4. The molecule has 1 aliphatic heterocycles. The highest BCUT2D eigenvalue weighted by Gasteiger charge is 2.23. The van der Waals surface area contributed by atoms with Crippen LogP contribution in [0.15, 0.2) is 12.4 Å². The first-order valence-corrected chi connectivity index (χ1v) is 5.64. The summed E-state index contributed by atoms with van der Waals surface area (Å²) < 4.78 is 1.71. The van der Waals surface area contributed by atoms with E-state index in [2.05, 4.69) is 20.4 Å². The topological polar surface area (TPSA) is 72.7 Å². The number of aryl methyl sites for hydroxylation is 1. The number of hydrogen-bond acceptors (Lipinski definition) is 5. The third kappa shape index (κ3) is 1.80. The molecule has 2 aromatic heterocycles. The van der Waals surface area contributed by atoms with Crippen molar-refractivity contribution < 1.29 is 4.79 Å². The molecule has 0 spiro atoms. The maximum atomic E-state index is 11.4. The van der Waals surface area contributed by atoms with E-state index < -0.39 is 0 Å². The molecule has 1 N–H and O–H groups in total. The summed E-state index contributed by atoms with van der Waals surface area (Å²) in [6, 6.07) is -0.0597. The minimum atomic E-state index is -0.0597. The van der Waals surface area contributed by atoms with E-state index in [9.17, 15) is 4.79 Å². The molecule has 0 amide bonds. The van der Waals surface area contributed by atoms with Crippen LogP contribution in [0.5, 0.6) is 0 Å². The fourth-order valence-corrected chi connectivity index (χ4v) is 2.09. The van der Waals surface area contributed by atoms with Crippen molar-refractivity contribution >= 4 is 16.8 Å². The first kappa shape index (κ1) is 10.3. The van der Waals surface area contributed by atoms with Gasteiger partial charge in [-0.3, -0.25) is 9.48 Å². The summed E-state index contributed by atoms with van der Waals surface area (Å²) in [7, 11) is 1.85. The molecule has 0 saturated carbocycles. The van der Waals surface area contributed by atoms with E-state index in [0.717, 1.165) is 11.0 Å². The van der Waals surface area contributed by atoms with Gasteiger partial charge in [0, 0.05) is 32.6 Å². The fourth-order valence-electron chi connectivity index (χ4n) is 2.09. The highest BCUT2D eigenvalue weighted by molar-refractivity contribution is 5.80. The van der Waals surface area contributed by atoms with Gasteiger partial charge in [0.25, 0.3) is 0 Å². The van der Waals surface area contributed by atoms with Crippen LogP contribution in [0.4, 0.5) is 0 Å². The number of rotatable bonds is 1. The largest absolute Gasteiger partial charge is 0.306 e. The van der Waals surface area contributed by atoms with E-state index in [4.69, 9.17) is 0 Å². The summed E-state index contributed by atoms with van der Waals surface area (Å²) in [5, 5.41) is 8.31. The van der Waals surface area contributed by atoms with Crippen molar-refractivity contribution in [1.82, 2.24) is 25.1 Å². The first-order chi connectivity index (χ1) is 8.24. The molecule has 3 heterocycles. The quantitative estimate of drug-likeness (QED) is 0.767. The second-order valence-corrected chi connectivity index (χ2v) is 4.27. The summed E-state index contributed by atoms with van der Waals surface area (Å²) in [5.41, 5.74) is 0.801. The highest BCUT2D eigenvalue weighted by atomic mass is 16.1. The standard InChI is InChI=1S/C11H13N5O/c1-16-11-7(6-14-16)5-13-10(15-11)9-4-8(17)2-3-12-9/h5-6,9,12H,2-4H2,1H3. The molecule has 1 fully saturated rings. The third-order valence-electron chi connectivity index (χ3n) is 3.03. The SMILES string of the molecule is Cn1ncc2cnc(C3CC(=O)CCN3)nc21. The van der Waals surface area contributed by atoms with Crippen molar-refractivity contribution in [3.8, 4) is 0 Å². The van der Waals surface area contributed by atoms with Gasteiger partial charge in [-0.25, -0.2) is 9.97 Å². The van der Waals surface area contributed by atoms with Crippen LogP contribution in [0.25, 0.3) is 11.0 Å². The lowest BCUT2D eigenvalue weighted by molar-refractivity contribution is -0.120. The number of fused-ring (bicyclic) bond motifs is 1. The highest BCUT2D eigenvalue weighted by Crippen LogP contribution is 2.19. The van der Waals surface area contributed by atoms with Crippen LogP contribution in [-0.4, -0.2) is 32.1 Å². The molecule has 0 radical (unpaired) electrons. The molecule has 0 aromatic carbocycles. The van der Waals surface area contributed by atoms with Gasteiger partial charge in [0.1, 0.15) is 11.6 Å². The Bertz CT molecular complexity index is 576. The molecule has 1 aliphatic rings. The Morgan fingerprint density at radius 3 is 3.18 bits per heavy atom. The van der Waals surface area contributed by atoms with Gasteiger partial charge < -0.3 is 5.32 Å². The maximum absolute atomic E-state index is 11.4. The molecule has 2 aromatic rings. The van der Waals surface area contributed by atoms with Crippen LogP contribution in [0.2, 0.25) is 0 Å². The summed E-state index contributed by atoms with van der Waals surface area (Å²) in [5.74, 6) is 0.941. The van der Waals surface area contributed by atoms with Crippen LogP contribution < -0.4 is 5.32 Å². The molecule has 3 rings (SSSR count). The van der Waals surface area contributed by atoms with E-state index >= 15 is 0 Å². The van der Waals surface area contributed by atoms with Gasteiger partial charge in [-0.1, -0.05) is 0 Å². The molecule has 1 saturated heterocycles. The van der Waals surface area contributed by atoms with Crippen molar-refractivity contribution in [1.29, 1.82) is 0 Å². The van der Waals surface area contributed by atoms with Crippen LogP contribution >= 0.6 is 0 Å². The summed E-state index contributed by atoms with van der Waals surface area (Å²) in [6.45, 7) is 0.705. The lowest BCUT2D eigenvalue weighted by Gasteiger charge is -2.21. The van der Waals surface area contributed by atoms with Gasteiger partial charge in [0.2, 0.25) is 0 Å². The molecular weight excluding hydrogens is 218 g/mol. The molecule has 1 unspecified atom stereocenters. The molecule has 88 valence electrons. The third-order valence-corrected chi connectivity index (χ3v) is 3.03. The van der Waals surface area contributed by atoms with Crippen molar-refractivity contribution in [3.05, 3.63) is 18.2 Å². The average Bonchev–Trinajstić information content (AvgIpc) is 2.71. The molecule has 0 bridgehead atoms. The average molecular weight is 231 g/mol. The smallest absolute Gasteiger partial charge is 0.161 e. The zero-order valence-corrected chi connectivity index (χ0v) is 9.55. The Labute approximate surface area is 98.1 Å².